The van der Waals surface area contributed by atoms with Gasteiger partial charge in [-0.2, -0.15) is 5.26 Å². The fourth-order valence-electron chi connectivity index (χ4n) is 6.61. The Hall–Kier alpha value is -5.60. The van der Waals surface area contributed by atoms with Crippen LogP contribution in [0.15, 0.2) is 68.1 Å². The van der Waals surface area contributed by atoms with Crippen LogP contribution in [0.4, 0.5) is 5.69 Å². The van der Waals surface area contributed by atoms with Gasteiger partial charge in [0.2, 0.25) is 5.69 Å². The van der Waals surface area contributed by atoms with E-state index in [0.717, 1.165) is 0 Å². The van der Waals surface area contributed by atoms with E-state index >= 15 is 0 Å². The highest BCUT2D eigenvalue weighted by Gasteiger charge is 2.38. The van der Waals surface area contributed by atoms with Crippen molar-refractivity contribution in [3.63, 3.8) is 0 Å². The van der Waals surface area contributed by atoms with Gasteiger partial charge in [0, 0.05) is 30.7 Å². The molecule has 0 fully saturated rings. The molecule has 4 aromatic heterocycles. The molecular formula is C38H20Cl2N8O6S4. The van der Waals surface area contributed by atoms with Crippen LogP contribution in [-0.4, -0.2) is 69.6 Å². The molecule has 58 heavy (non-hydrogen) atoms. The number of halogens is 2. The summed E-state index contributed by atoms with van der Waals surface area (Å²) in [7, 11) is 5.62. The summed E-state index contributed by atoms with van der Waals surface area (Å²) in [5.41, 5.74) is 1.76. The van der Waals surface area contributed by atoms with Crippen LogP contribution in [0.2, 0.25) is 10.0 Å². The van der Waals surface area contributed by atoms with Crippen molar-refractivity contribution in [3.05, 3.63) is 97.4 Å². The SMILES string of the molecule is [C-]#[N+]c1c(C(=O)OC)c(=C2Sc3c(Cl)c4c(c(Cl)c3S2)SC(=c2c(C(=O)OC)c(C#N)c3nnc(-c5ccc(OC)cc5)n23)S4)n2c(-c3ccc(OC)cc3)nnc12. The van der Waals surface area contributed by atoms with Crippen LogP contribution >= 0.6 is 70.2 Å². The Bertz CT molecular complexity index is 2910. The summed E-state index contributed by atoms with van der Waals surface area (Å²) in [5, 5.41) is 29.3. The van der Waals surface area contributed by atoms with Gasteiger partial charge in [0.15, 0.2) is 22.9 Å². The number of nitriles is 1. The molecule has 0 amide bonds. The zero-order valence-corrected chi connectivity index (χ0v) is 34.8. The molecule has 0 unspecified atom stereocenters. The van der Waals surface area contributed by atoms with Gasteiger partial charge in [0.1, 0.15) is 28.7 Å². The molecule has 0 saturated carbocycles. The summed E-state index contributed by atoms with van der Waals surface area (Å²) in [6.07, 6.45) is 0. The summed E-state index contributed by atoms with van der Waals surface area (Å²) in [5.74, 6) is 0.609. The van der Waals surface area contributed by atoms with E-state index in [0.29, 0.717) is 83.1 Å². The van der Waals surface area contributed by atoms with Crippen LogP contribution in [-0.2, 0) is 9.47 Å². The van der Waals surface area contributed by atoms with E-state index < -0.39 is 11.9 Å². The molecule has 0 N–H and O–H groups in total. The van der Waals surface area contributed by atoms with Crippen LogP contribution < -0.4 is 20.2 Å². The lowest BCUT2D eigenvalue weighted by molar-refractivity contribution is 0.0591. The molecule has 0 bridgehead atoms. The van der Waals surface area contributed by atoms with Crippen molar-refractivity contribution < 1.29 is 28.5 Å². The Morgan fingerprint density at radius 2 is 1.09 bits per heavy atom. The lowest BCUT2D eigenvalue weighted by Gasteiger charge is -2.08. The highest BCUT2D eigenvalue weighted by atomic mass is 35.5. The summed E-state index contributed by atoms with van der Waals surface area (Å²) in [6.45, 7) is 8.03. The normalized spacial score (nSPS) is 13.1. The van der Waals surface area contributed by atoms with Crippen molar-refractivity contribution in [1.82, 2.24) is 29.2 Å². The lowest BCUT2D eigenvalue weighted by atomic mass is 10.2. The molecule has 286 valence electrons. The average Bonchev–Trinajstić information content (AvgIpc) is 4.11. The second-order valence-electron chi connectivity index (χ2n) is 12.1. The van der Waals surface area contributed by atoms with Gasteiger partial charge in [-0.05, 0) is 48.5 Å². The van der Waals surface area contributed by atoms with Crippen molar-refractivity contribution in [2.24, 2.45) is 0 Å². The first kappa shape index (κ1) is 37.9. The molecule has 7 aromatic rings. The molecule has 6 heterocycles. The number of rotatable bonds is 6. The van der Waals surface area contributed by atoms with E-state index in [9.17, 15) is 14.9 Å². The fraction of sp³-hybridized carbons (Fsp3) is 0.105. The molecule has 14 nitrogen and oxygen atoms in total. The Kier molecular flexibility index (Phi) is 9.59. The first-order chi connectivity index (χ1) is 28.2. The second kappa shape index (κ2) is 14.7. The highest BCUT2D eigenvalue weighted by Crippen LogP contribution is 2.66. The highest BCUT2D eigenvalue weighted by molar-refractivity contribution is 8.33. The predicted octanol–water partition coefficient (Wildman–Crippen LogP) is 7.79. The molecule has 20 heteroatoms. The van der Waals surface area contributed by atoms with Crippen molar-refractivity contribution >= 4 is 108 Å². The van der Waals surface area contributed by atoms with Crippen molar-refractivity contribution in [3.8, 4) is 40.3 Å². The maximum Gasteiger partial charge on any atom is 0.341 e. The van der Waals surface area contributed by atoms with Crippen molar-refractivity contribution in [2.45, 2.75) is 19.6 Å². The maximum absolute atomic E-state index is 13.4. The smallest absolute Gasteiger partial charge is 0.341 e. The largest absolute Gasteiger partial charge is 0.497 e. The summed E-state index contributed by atoms with van der Waals surface area (Å²) in [4.78, 5) is 33.1. The van der Waals surface area contributed by atoms with E-state index in [1.54, 1.807) is 59.4 Å². The van der Waals surface area contributed by atoms with Gasteiger partial charge < -0.3 is 18.9 Å². The van der Waals surface area contributed by atoms with E-state index in [1.165, 1.54) is 61.3 Å². The summed E-state index contributed by atoms with van der Waals surface area (Å²) < 4.78 is 25.6. The Labute approximate surface area is 354 Å². The average molecular weight is 884 g/mol. The number of ether oxygens (including phenoxy) is 4. The Morgan fingerprint density at radius 3 is 1.50 bits per heavy atom. The van der Waals surface area contributed by atoms with Crippen LogP contribution in [0.3, 0.4) is 0 Å². The zero-order chi connectivity index (χ0) is 40.6. The Balaban J connectivity index is 1.24. The van der Waals surface area contributed by atoms with Crippen LogP contribution in [0.5, 0.6) is 11.5 Å². The number of nitrogens with zero attached hydrogens (tertiary/aromatic N) is 8. The third-order valence-electron chi connectivity index (χ3n) is 9.24. The van der Waals surface area contributed by atoms with Gasteiger partial charge in [-0.3, -0.25) is 8.80 Å². The monoisotopic (exact) mass is 882 g/mol. The first-order valence-corrected chi connectivity index (χ1v) is 20.6. The molecule has 9 rings (SSSR count). The minimum atomic E-state index is -0.725. The quantitative estimate of drug-likeness (QED) is 0.118. The van der Waals surface area contributed by atoms with E-state index in [2.05, 4.69) is 31.3 Å². The molecular weight excluding hydrogens is 864 g/mol. The number of thioether (sulfide) groups is 4. The van der Waals surface area contributed by atoms with Crippen LogP contribution in [0.1, 0.15) is 26.3 Å². The Morgan fingerprint density at radius 1 is 0.672 bits per heavy atom. The number of hydrogen-bond donors (Lipinski definition) is 0. The van der Waals surface area contributed by atoms with E-state index in [-0.39, 0.29) is 33.7 Å². The number of carbonyl (C=O) groups is 2. The minimum absolute atomic E-state index is 0.00742. The van der Waals surface area contributed by atoms with Gasteiger partial charge in [0.25, 0.3) is 0 Å². The zero-order valence-electron chi connectivity index (χ0n) is 30.0. The number of benzene rings is 3. The molecule has 0 atom stereocenters. The van der Waals surface area contributed by atoms with Gasteiger partial charge in [-0.15, -0.1) is 20.4 Å². The topological polar surface area (TPSA) is 160 Å². The van der Waals surface area contributed by atoms with Crippen LogP contribution in [0.25, 0.3) is 47.4 Å². The molecule has 3 aromatic carbocycles. The molecule has 2 aliphatic rings. The third-order valence-corrected chi connectivity index (χ3v) is 15.7. The lowest BCUT2D eigenvalue weighted by Crippen LogP contribution is -2.21. The number of methoxy groups -OCH3 is 4. The number of hydrogen-bond acceptors (Lipinski definition) is 15. The van der Waals surface area contributed by atoms with E-state index in [4.69, 9.17) is 48.7 Å². The minimum Gasteiger partial charge on any atom is -0.497 e. The van der Waals surface area contributed by atoms with Gasteiger partial charge >= 0.3 is 11.9 Å². The van der Waals surface area contributed by atoms with Gasteiger partial charge in [-0.25, -0.2) is 14.4 Å². The number of carbonyl (C=O) groups excluding carboxylic acids is 2. The third kappa shape index (κ3) is 5.58. The van der Waals surface area contributed by atoms with Crippen LogP contribution in [0, 0.1) is 17.9 Å². The number of fused-ring (bicyclic) bond motifs is 4. The molecule has 0 aliphatic carbocycles. The molecule has 0 saturated heterocycles. The fourth-order valence-corrected chi connectivity index (χ4v) is 13.1. The first-order valence-electron chi connectivity index (χ1n) is 16.6. The molecule has 0 spiro atoms. The van der Waals surface area contributed by atoms with Gasteiger partial charge in [0.05, 0.1) is 69.8 Å². The molecule has 0 radical (unpaired) electrons. The summed E-state index contributed by atoms with van der Waals surface area (Å²) >= 11 is 19.7. The van der Waals surface area contributed by atoms with Gasteiger partial charge in [-0.1, -0.05) is 70.2 Å². The summed E-state index contributed by atoms with van der Waals surface area (Å²) in [6, 6.07) is 16.5. The van der Waals surface area contributed by atoms with Crippen molar-refractivity contribution in [1.29, 1.82) is 5.26 Å². The number of aromatic nitrogens is 6. The maximum atomic E-state index is 13.4. The van der Waals surface area contributed by atoms with Crippen molar-refractivity contribution in [2.75, 3.05) is 28.4 Å². The number of esters is 2. The van der Waals surface area contributed by atoms with E-state index in [1.807, 2.05) is 12.1 Å². The second-order valence-corrected chi connectivity index (χ2v) is 17.5. The standard InChI is InChI=1S/C38H20Cl2N8O6S4/c1-42-24-21(36(50)54-5)26(48-32(44-46-34(24)48)16-8-12-18(52-3)13-9-16)38-57-29-22(39)27-28(23(40)30(29)58-38)56-37(55-27)25-20(35(49)53-4)19(14-41)33-45-43-31(47(25)33)15-6-10-17(51-2)11-7-15/h6-13H,2-5H3. The molecule has 2 aliphatic heterocycles. The predicted molar refractivity (Wildman–Crippen MR) is 221 cm³/mol.